The Morgan fingerprint density at radius 3 is 2.59 bits per heavy atom. The molecule has 2 N–H and O–H groups in total. The van der Waals surface area contributed by atoms with Gasteiger partial charge in [0.1, 0.15) is 12.7 Å². The number of fused-ring (bicyclic) bond motifs is 1. The van der Waals surface area contributed by atoms with Gasteiger partial charge >= 0.3 is 0 Å². The largest absolute Gasteiger partial charge is 0.326 e. The molecule has 8 nitrogen and oxygen atoms in total. The topological polar surface area (TPSA) is 102 Å². The Kier molecular flexibility index (Phi) is 4.35. The maximum absolute atomic E-state index is 12.5. The molecule has 0 aliphatic rings. The van der Waals surface area contributed by atoms with E-state index in [1.54, 1.807) is 47.4 Å². The SMILES string of the molecule is CC(=O)Nc1ccc2nc(NC(=O)c3ccc(-n4cncn4)cc3)sc2c1. The first-order chi connectivity index (χ1) is 13.1. The Bertz CT molecular complexity index is 1120. The second-order valence-electron chi connectivity index (χ2n) is 5.72. The second kappa shape index (κ2) is 6.96. The van der Waals surface area contributed by atoms with Crippen molar-refractivity contribution in [3.63, 3.8) is 0 Å². The normalized spacial score (nSPS) is 10.7. The van der Waals surface area contributed by atoms with Crippen molar-refractivity contribution in [3.05, 3.63) is 60.7 Å². The van der Waals surface area contributed by atoms with Crippen molar-refractivity contribution in [2.45, 2.75) is 6.92 Å². The Morgan fingerprint density at radius 1 is 1.07 bits per heavy atom. The van der Waals surface area contributed by atoms with Gasteiger partial charge in [-0.25, -0.2) is 14.6 Å². The average Bonchev–Trinajstić information content (AvgIpc) is 3.30. The van der Waals surface area contributed by atoms with Crippen molar-refractivity contribution in [3.8, 4) is 5.69 Å². The van der Waals surface area contributed by atoms with E-state index >= 15 is 0 Å². The van der Waals surface area contributed by atoms with Gasteiger partial charge in [-0.2, -0.15) is 5.10 Å². The lowest BCUT2D eigenvalue weighted by Gasteiger charge is -2.03. The number of carbonyl (C=O) groups is 2. The summed E-state index contributed by atoms with van der Waals surface area (Å²) in [7, 11) is 0. The van der Waals surface area contributed by atoms with Crippen LogP contribution in [0.4, 0.5) is 10.8 Å². The van der Waals surface area contributed by atoms with Crippen LogP contribution in [-0.2, 0) is 4.79 Å². The van der Waals surface area contributed by atoms with E-state index < -0.39 is 0 Å². The molecule has 0 spiro atoms. The molecule has 0 bridgehead atoms. The molecule has 0 aliphatic carbocycles. The number of thiazole rings is 1. The number of benzene rings is 2. The van der Waals surface area contributed by atoms with Gasteiger partial charge in [-0.15, -0.1) is 0 Å². The summed E-state index contributed by atoms with van der Waals surface area (Å²) in [4.78, 5) is 31.9. The zero-order valence-electron chi connectivity index (χ0n) is 14.2. The van der Waals surface area contributed by atoms with Gasteiger partial charge < -0.3 is 5.32 Å². The first-order valence-electron chi connectivity index (χ1n) is 8.03. The molecule has 0 aliphatic heterocycles. The minimum Gasteiger partial charge on any atom is -0.326 e. The highest BCUT2D eigenvalue weighted by Gasteiger charge is 2.11. The highest BCUT2D eigenvalue weighted by Crippen LogP contribution is 2.28. The van der Waals surface area contributed by atoms with E-state index in [-0.39, 0.29) is 11.8 Å². The molecule has 0 radical (unpaired) electrons. The maximum atomic E-state index is 12.5. The van der Waals surface area contributed by atoms with Crippen LogP contribution < -0.4 is 10.6 Å². The maximum Gasteiger partial charge on any atom is 0.257 e. The third-order valence-corrected chi connectivity index (χ3v) is 4.68. The van der Waals surface area contributed by atoms with Gasteiger partial charge in [0.2, 0.25) is 5.91 Å². The standard InChI is InChI=1S/C18H14N6O2S/c1-11(25)21-13-4-7-15-16(8-13)27-18(22-15)23-17(26)12-2-5-14(6-3-12)24-10-19-9-20-24/h2-10H,1H3,(H,21,25)(H,22,23,26). The first-order valence-corrected chi connectivity index (χ1v) is 8.85. The summed E-state index contributed by atoms with van der Waals surface area (Å²) >= 11 is 1.35. The number of aromatic nitrogens is 4. The van der Waals surface area contributed by atoms with Crippen molar-refractivity contribution in [1.82, 2.24) is 19.7 Å². The molecule has 4 rings (SSSR count). The quantitative estimate of drug-likeness (QED) is 0.568. The van der Waals surface area contributed by atoms with E-state index in [2.05, 4.69) is 25.7 Å². The van der Waals surface area contributed by atoms with E-state index in [9.17, 15) is 9.59 Å². The van der Waals surface area contributed by atoms with Gasteiger partial charge in [0.15, 0.2) is 5.13 Å². The molecule has 2 aromatic heterocycles. The summed E-state index contributed by atoms with van der Waals surface area (Å²) in [6.07, 6.45) is 3.04. The van der Waals surface area contributed by atoms with Crippen LogP contribution in [0.2, 0.25) is 0 Å². The summed E-state index contributed by atoms with van der Waals surface area (Å²) in [6, 6.07) is 12.4. The number of hydrogen-bond acceptors (Lipinski definition) is 6. The zero-order chi connectivity index (χ0) is 18.8. The van der Waals surface area contributed by atoms with Crippen LogP contribution in [0.15, 0.2) is 55.1 Å². The van der Waals surface area contributed by atoms with Crippen LogP contribution in [0.25, 0.3) is 15.9 Å². The Hall–Kier alpha value is -3.59. The summed E-state index contributed by atoms with van der Waals surface area (Å²) in [5, 5.41) is 10.1. The molecule has 0 unspecified atom stereocenters. The summed E-state index contributed by atoms with van der Waals surface area (Å²) < 4.78 is 2.49. The van der Waals surface area contributed by atoms with E-state index in [1.165, 1.54) is 24.6 Å². The fourth-order valence-corrected chi connectivity index (χ4v) is 3.44. The number of nitrogens with one attached hydrogen (secondary N) is 2. The smallest absolute Gasteiger partial charge is 0.257 e. The lowest BCUT2D eigenvalue weighted by molar-refractivity contribution is -0.114. The van der Waals surface area contributed by atoms with Gasteiger partial charge in [-0.1, -0.05) is 11.3 Å². The van der Waals surface area contributed by atoms with Crippen molar-refractivity contribution in [1.29, 1.82) is 0 Å². The monoisotopic (exact) mass is 378 g/mol. The fourth-order valence-electron chi connectivity index (χ4n) is 2.54. The van der Waals surface area contributed by atoms with Crippen LogP contribution in [0, 0.1) is 0 Å². The Labute approximate surface area is 157 Å². The predicted octanol–water partition coefficient (Wildman–Crippen LogP) is 3.09. The second-order valence-corrected chi connectivity index (χ2v) is 6.75. The molecule has 134 valence electrons. The van der Waals surface area contributed by atoms with Crippen LogP contribution in [-0.4, -0.2) is 31.6 Å². The molecule has 0 saturated heterocycles. The number of anilines is 2. The molecule has 0 saturated carbocycles. The molecule has 9 heteroatoms. The number of nitrogens with zero attached hydrogens (tertiary/aromatic N) is 4. The predicted molar refractivity (Wildman–Crippen MR) is 103 cm³/mol. The molecule has 2 amide bonds. The van der Waals surface area contributed by atoms with Gasteiger partial charge in [-0.05, 0) is 42.5 Å². The van der Waals surface area contributed by atoms with Crippen molar-refractivity contribution in [2.24, 2.45) is 0 Å². The van der Waals surface area contributed by atoms with Crippen LogP contribution >= 0.6 is 11.3 Å². The molecule has 2 aromatic carbocycles. The molecule has 2 heterocycles. The van der Waals surface area contributed by atoms with Crippen molar-refractivity contribution in [2.75, 3.05) is 10.6 Å². The van der Waals surface area contributed by atoms with Crippen molar-refractivity contribution < 1.29 is 9.59 Å². The van der Waals surface area contributed by atoms with Gasteiger partial charge in [0.05, 0.1) is 15.9 Å². The fraction of sp³-hybridized carbons (Fsp3) is 0.0556. The number of hydrogen-bond donors (Lipinski definition) is 2. The van der Waals surface area contributed by atoms with Crippen molar-refractivity contribution >= 4 is 44.2 Å². The first kappa shape index (κ1) is 16.9. The summed E-state index contributed by atoms with van der Waals surface area (Å²) in [5.41, 5.74) is 2.78. The van der Waals surface area contributed by atoms with Gasteiger partial charge in [0, 0.05) is 18.2 Å². The Balaban J connectivity index is 1.51. The molecule has 0 atom stereocenters. The minimum absolute atomic E-state index is 0.137. The van der Waals surface area contributed by atoms with Crippen LogP contribution in [0.1, 0.15) is 17.3 Å². The third kappa shape index (κ3) is 3.67. The minimum atomic E-state index is -0.249. The van der Waals surface area contributed by atoms with E-state index in [4.69, 9.17) is 0 Å². The van der Waals surface area contributed by atoms with E-state index in [0.29, 0.717) is 16.4 Å². The lowest BCUT2D eigenvalue weighted by Crippen LogP contribution is -2.11. The molecular formula is C18H14N6O2S. The number of rotatable bonds is 4. The molecular weight excluding hydrogens is 364 g/mol. The summed E-state index contributed by atoms with van der Waals surface area (Å²) in [5.74, 6) is -0.386. The zero-order valence-corrected chi connectivity index (χ0v) is 15.0. The molecule has 4 aromatic rings. The van der Waals surface area contributed by atoms with E-state index in [1.807, 2.05) is 6.07 Å². The van der Waals surface area contributed by atoms with Gasteiger partial charge in [0.25, 0.3) is 5.91 Å². The third-order valence-electron chi connectivity index (χ3n) is 3.74. The van der Waals surface area contributed by atoms with Crippen LogP contribution in [0.5, 0.6) is 0 Å². The molecule has 0 fully saturated rings. The number of carbonyl (C=O) groups excluding carboxylic acids is 2. The lowest BCUT2D eigenvalue weighted by atomic mass is 10.2. The Morgan fingerprint density at radius 2 is 1.89 bits per heavy atom. The van der Waals surface area contributed by atoms with Crippen LogP contribution in [0.3, 0.4) is 0 Å². The number of amides is 2. The highest BCUT2D eigenvalue weighted by atomic mass is 32.1. The molecule has 27 heavy (non-hydrogen) atoms. The average molecular weight is 378 g/mol. The highest BCUT2D eigenvalue weighted by molar-refractivity contribution is 7.22. The van der Waals surface area contributed by atoms with E-state index in [0.717, 1.165) is 15.9 Å². The summed E-state index contributed by atoms with van der Waals surface area (Å²) in [6.45, 7) is 1.46. The van der Waals surface area contributed by atoms with Gasteiger partial charge in [-0.3, -0.25) is 14.9 Å².